The second kappa shape index (κ2) is 5.36. The van der Waals surface area contributed by atoms with Crippen molar-refractivity contribution in [2.45, 2.75) is 6.42 Å². The number of benzene rings is 1. The van der Waals surface area contributed by atoms with E-state index in [0.717, 1.165) is 23.7 Å². The fourth-order valence-electron chi connectivity index (χ4n) is 1.18. The van der Waals surface area contributed by atoms with Gasteiger partial charge in [0.2, 0.25) is 0 Å². The van der Waals surface area contributed by atoms with Gasteiger partial charge in [0.1, 0.15) is 0 Å². The van der Waals surface area contributed by atoms with Gasteiger partial charge in [-0.05, 0) is 18.6 Å². The van der Waals surface area contributed by atoms with E-state index in [0.29, 0.717) is 5.88 Å². The molecule has 0 saturated heterocycles. The van der Waals surface area contributed by atoms with Crippen molar-refractivity contribution in [1.82, 2.24) is 0 Å². The van der Waals surface area contributed by atoms with Crippen LogP contribution in [0.25, 0.3) is 0 Å². The Bertz CT molecular complexity index is 263. The third kappa shape index (κ3) is 3.09. The number of para-hydroxylation sites is 1. The second-order valence-corrected chi connectivity index (χ2v) is 3.70. The first kappa shape index (κ1) is 10.7. The van der Waals surface area contributed by atoms with Crippen molar-refractivity contribution in [2.75, 3.05) is 24.4 Å². The third-order valence-electron chi connectivity index (χ3n) is 1.89. The number of halogens is 2. The molecule has 0 saturated carbocycles. The molecule has 0 heterocycles. The summed E-state index contributed by atoms with van der Waals surface area (Å²) in [7, 11) is 2.02. The van der Waals surface area contributed by atoms with E-state index in [-0.39, 0.29) is 0 Å². The topological polar surface area (TPSA) is 3.24 Å². The predicted octanol–water partition coefficient (Wildman–Crippen LogP) is 3.41. The van der Waals surface area contributed by atoms with Gasteiger partial charge >= 0.3 is 0 Å². The van der Waals surface area contributed by atoms with Crippen LogP contribution in [-0.4, -0.2) is 19.5 Å². The van der Waals surface area contributed by atoms with E-state index < -0.39 is 0 Å². The van der Waals surface area contributed by atoms with Gasteiger partial charge in [0, 0.05) is 19.5 Å². The van der Waals surface area contributed by atoms with Gasteiger partial charge in [-0.2, -0.15) is 0 Å². The zero-order valence-corrected chi connectivity index (χ0v) is 9.15. The summed E-state index contributed by atoms with van der Waals surface area (Å²) in [5.41, 5.74) is 1.06. The SMILES string of the molecule is CN(CCCCl)c1ccccc1Cl. The maximum atomic E-state index is 6.02. The van der Waals surface area contributed by atoms with Crippen molar-refractivity contribution in [3.8, 4) is 0 Å². The van der Waals surface area contributed by atoms with Crippen LogP contribution in [0.2, 0.25) is 5.02 Å². The molecule has 0 atom stereocenters. The van der Waals surface area contributed by atoms with E-state index in [1.165, 1.54) is 0 Å². The van der Waals surface area contributed by atoms with Gasteiger partial charge in [-0.15, -0.1) is 11.6 Å². The van der Waals surface area contributed by atoms with Crippen LogP contribution in [0.4, 0.5) is 5.69 Å². The Balaban J connectivity index is 2.65. The maximum absolute atomic E-state index is 6.02. The number of hydrogen-bond donors (Lipinski definition) is 0. The van der Waals surface area contributed by atoms with Crippen LogP contribution in [0, 0.1) is 0 Å². The number of alkyl halides is 1. The minimum absolute atomic E-state index is 0.689. The Hall–Kier alpha value is -0.400. The molecule has 1 rings (SSSR count). The van der Waals surface area contributed by atoms with Crippen LogP contribution in [0.1, 0.15) is 6.42 Å². The molecule has 0 aromatic heterocycles. The van der Waals surface area contributed by atoms with Crippen molar-refractivity contribution >= 4 is 28.9 Å². The van der Waals surface area contributed by atoms with Crippen molar-refractivity contribution in [2.24, 2.45) is 0 Å². The molecule has 0 fully saturated rings. The number of anilines is 1. The maximum Gasteiger partial charge on any atom is 0.0639 e. The first-order valence-electron chi connectivity index (χ1n) is 4.27. The lowest BCUT2D eigenvalue weighted by Crippen LogP contribution is -2.18. The Labute approximate surface area is 89.3 Å². The summed E-state index contributed by atoms with van der Waals surface area (Å²) in [6.45, 7) is 0.938. The fourth-order valence-corrected chi connectivity index (χ4v) is 1.58. The molecule has 1 aromatic carbocycles. The van der Waals surface area contributed by atoms with Crippen molar-refractivity contribution < 1.29 is 0 Å². The Kier molecular flexibility index (Phi) is 4.40. The zero-order valence-electron chi connectivity index (χ0n) is 7.63. The predicted molar refractivity (Wildman–Crippen MR) is 60.1 cm³/mol. The Morgan fingerprint density at radius 3 is 2.62 bits per heavy atom. The molecule has 3 heteroatoms. The highest BCUT2D eigenvalue weighted by atomic mass is 35.5. The quantitative estimate of drug-likeness (QED) is 0.700. The lowest BCUT2D eigenvalue weighted by Gasteiger charge is -2.19. The molecule has 0 spiro atoms. The molecule has 0 aliphatic rings. The van der Waals surface area contributed by atoms with E-state index in [9.17, 15) is 0 Å². The number of nitrogens with zero attached hydrogens (tertiary/aromatic N) is 1. The summed E-state index contributed by atoms with van der Waals surface area (Å²) in [6, 6.07) is 7.82. The molecule has 13 heavy (non-hydrogen) atoms. The fraction of sp³-hybridized carbons (Fsp3) is 0.400. The summed E-state index contributed by atoms with van der Waals surface area (Å²) >= 11 is 11.6. The molecular formula is C10H13Cl2N. The van der Waals surface area contributed by atoms with Gasteiger partial charge < -0.3 is 4.90 Å². The minimum atomic E-state index is 0.689. The number of hydrogen-bond acceptors (Lipinski definition) is 1. The van der Waals surface area contributed by atoms with Crippen LogP contribution in [0.15, 0.2) is 24.3 Å². The third-order valence-corrected chi connectivity index (χ3v) is 2.48. The average molecular weight is 218 g/mol. The summed E-state index contributed by atoms with van der Waals surface area (Å²) in [5.74, 6) is 0.689. The molecule has 1 nitrogen and oxygen atoms in total. The summed E-state index contributed by atoms with van der Waals surface area (Å²) < 4.78 is 0. The van der Waals surface area contributed by atoms with Crippen molar-refractivity contribution in [1.29, 1.82) is 0 Å². The van der Waals surface area contributed by atoms with Gasteiger partial charge in [0.25, 0.3) is 0 Å². The first-order valence-corrected chi connectivity index (χ1v) is 5.18. The molecule has 0 amide bonds. The highest BCUT2D eigenvalue weighted by Crippen LogP contribution is 2.23. The van der Waals surface area contributed by atoms with Gasteiger partial charge in [-0.25, -0.2) is 0 Å². The first-order chi connectivity index (χ1) is 6.25. The van der Waals surface area contributed by atoms with E-state index >= 15 is 0 Å². The Morgan fingerprint density at radius 1 is 1.31 bits per heavy atom. The summed E-state index contributed by atoms with van der Waals surface area (Å²) in [6.07, 6.45) is 0.975. The van der Waals surface area contributed by atoms with Gasteiger partial charge in [-0.1, -0.05) is 23.7 Å². The molecule has 0 bridgehead atoms. The minimum Gasteiger partial charge on any atom is -0.373 e. The molecular weight excluding hydrogens is 205 g/mol. The van der Waals surface area contributed by atoms with Crippen LogP contribution in [-0.2, 0) is 0 Å². The largest absolute Gasteiger partial charge is 0.373 e. The lowest BCUT2D eigenvalue weighted by atomic mass is 10.3. The van der Waals surface area contributed by atoms with Crippen LogP contribution in [0.3, 0.4) is 0 Å². The molecule has 0 aliphatic carbocycles. The molecule has 0 aliphatic heterocycles. The second-order valence-electron chi connectivity index (χ2n) is 2.92. The van der Waals surface area contributed by atoms with Crippen LogP contribution in [0.5, 0.6) is 0 Å². The summed E-state index contributed by atoms with van der Waals surface area (Å²) in [5, 5.41) is 0.791. The monoisotopic (exact) mass is 217 g/mol. The van der Waals surface area contributed by atoms with E-state index in [4.69, 9.17) is 23.2 Å². The lowest BCUT2D eigenvalue weighted by molar-refractivity contribution is 0.857. The molecule has 0 N–H and O–H groups in total. The molecule has 1 aromatic rings. The smallest absolute Gasteiger partial charge is 0.0639 e. The average Bonchev–Trinajstić information content (AvgIpc) is 2.15. The number of rotatable bonds is 4. The van der Waals surface area contributed by atoms with E-state index in [2.05, 4.69) is 4.90 Å². The molecule has 72 valence electrons. The van der Waals surface area contributed by atoms with Gasteiger partial charge in [0.05, 0.1) is 10.7 Å². The van der Waals surface area contributed by atoms with E-state index in [1.54, 1.807) is 0 Å². The van der Waals surface area contributed by atoms with Crippen LogP contribution < -0.4 is 4.90 Å². The zero-order chi connectivity index (χ0) is 9.68. The van der Waals surface area contributed by atoms with Gasteiger partial charge in [0.15, 0.2) is 0 Å². The van der Waals surface area contributed by atoms with Crippen molar-refractivity contribution in [3.05, 3.63) is 29.3 Å². The van der Waals surface area contributed by atoms with Crippen molar-refractivity contribution in [3.63, 3.8) is 0 Å². The molecule has 0 unspecified atom stereocenters. The highest BCUT2D eigenvalue weighted by Gasteiger charge is 2.03. The molecule has 0 radical (unpaired) electrons. The van der Waals surface area contributed by atoms with Gasteiger partial charge in [-0.3, -0.25) is 0 Å². The standard InChI is InChI=1S/C10H13Cl2N/c1-13(8-4-7-11)10-6-3-2-5-9(10)12/h2-3,5-6H,4,7-8H2,1H3. The normalized spacial score (nSPS) is 10.1. The summed E-state index contributed by atoms with van der Waals surface area (Å²) in [4.78, 5) is 2.12. The highest BCUT2D eigenvalue weighted by molar-refractivity contribution is 6.33. The van der Waals surface area contributed by atoms with E-state index in [1.807, 2.05) is 31.3 Å². The van der Waals surface area contributed by atoms with Crippen LogP contribution >= 0.6 is 23.2 Å². The Morgan fingerprint density at radius 2 is 2.00 bits per heavy atom.